The summed E-state index contributed by atoms with van der Waals surface area (Å²) in [7, 11) is 0. The highest BCUT2D eigenvalue weighted by atomic mass is 19.4. The Morgan fingerprint density at radius 2 is 1.88 bits per heavy atom. The summed E-state index contributed by atoms with van der Waals surface area (Å²) in [6, 6.07) is 12.7. The van der Waals surface area contributed by atoms with Crippen molar-refractivity contribution in [1.29, 1.82) is 0 Å². The van der Waals surface area contributed by atoms with Gasteiger partial charge in [0.05, 0.1) is 5.57 Å². The molecule has 2 aromatic rings. The van der Waals surface area contributed by atoms with Crippen LogP contribution in [0.4, 0.5) is 13.2 Å². The summed E-state index contributed by atoms with van der Waals surface area (Å²) in [5.41, 5.74) is 2.24. The number of carboxylic acids is 1. The van der Waals surface area contributed by atoms with Gasteiger partial charge in [0.2, 0.25) is 6.10 Å². The fourth-order valence-corrected chi connectivity index (χ4v) is 2.82. The van der Waals surface area contributed by atoms with Gasteiger partial charge in [0.1, 0.15) is 5.75 Å². The maximum atomic E-state index is 13.1. The van der Waals surface area contributed by atoms with Crippen molar-refractivity contribution in [2.24, 2.45) is 0 Å². The van der Waals surface area contributed by atoms with Gasteiger partial charge in [-0.1, -0.05) is 30.3 Å². The second-order valence-electron chi connectivity index (χ2n) is 5.92. The van der Waals surface area contributed by atoms with Gasteiger partial charge in [-0.05, 0) is 48.2 Å². The van der Waals surface area contributed by atoms with E-state index in [0.29, 0.717) is 12.0 Å². The molecule has 0 spiro atoms. The number of carbonyl (C=O) groups is 1. The molecule has 3 nitrogen and oxygen atoms in total. The number of hydrogen-bond donors (Lipinski definition) is 1. The number of ether oxygens (including phenoxy) is 1. The Hall–Kier alpha value is -2.76. The molecule has 0 bridgehead atoms. The van der Waals surface area contributed by atoms with Crippen LogP contribution in [0.15, 0.2) is 48.0 Å². The van der Waals surface area contributed by atoms with Crippen molar-refractivity contribution >= 4 is 12.0 Å². The number of aliphatic carboxylic acids is 1. The summed E-state index contributed by atoms with van der Waals surface area (Å²) in [6.45, 7) is 1.84. The molecule has 0 saturated heterocycles. The average Bonchev–Trinajstić information content (AvgIpc) is 2.54. The Labute approximate surface area is 142 Å². The van der Waals surface area contributed by atoms with E-state index in [1.165, 1.54) is 0 Å². The van der Waals surface area contributed by atoms with Gasteiger partial charge in [0.25, 0.3) is 0 Å². The zero-order valence-corrected chi connectivity index (χ0v) is 13.3. The van der Waals surface area contributed by atoms with Crippen LogP contribution in [0.2, 0.25) is 0 Å². The van der Waals surface area contributed by atoms with Gasteiger partial charge in [-0.2, -0.15) is 13.2 Å². The zero-order chi connectivity index (χ0) is 18.2. The van der Waals surface area contributed by atoms with Gasteiger partial charge in [-0.25, -0.2) is 4.79 Å². The summed E-state index contributed by atoms with van der Waals surface area (Å²) in [6.07, 6.45) is -5.68. The minimum absolute atomic E-state index is 0.0452. The number of rotatable bonds is 3. The number of carboxylic acid groups (broad SMARTS) is 1. The van der Waals surface area contributed by atoms with E-state index >= 15 is 0 Å². The second-order valence-corrected chi connectivity index (χ2v) is 5.92. The molecule has 25 heavy (non-hydrogen) atoms. The summed E-state index contributed by atoms with van der Waals surface area (Å²) in [4.78, 5) is 11.2. The summed E-state index contributed by atoms with van der Waals surface area (Å²) >= 11 is 0. The van der Waals surface area contributed by atoms with Crippen molar-refractivity contribution in [2.75, 3.05) is 0 Å². The Bertz CT molecular complexity index is 839. The number of alkyl halides is 3. The normalized spacial score (nSPS) is 16.6. The lowest BCUT2D eigenvalue weighted by Crippen LogP contribution is -2.40. The molecule has 130 valence electrons. The first-order chi connectivity index (χ1) is 11.8. The molecule has 3 rings (SSSR count). The largest absolute Gasteiger partial charge is 0.478 e. The van der Waals surface area contributed by atoms with Gasteiger partial charge < -0.3 is 9.84 Å². The molecule has 0 saturated carbocycles. The quantitative estimate of drug-likeness (QED) is 0.896. The molecule has 1 atom stereocenters. The molecule has 6 heteroatoms. The molecular formula is C19H15F3O3. The van der Waals surface area contributed by atoms with Crippen LogP contribution in [0, 0.1) is 6.92 Å². The highest BCUT2D eigenvalue weighted by molar-refractivity contribution is 5.95. The smallest absolute Gasteiger partial charge is 0.430 e. The number of hydrogen-bond acceptors (Lipinski definition) is 2. The Kier molecular flexibility index (Phi) is 4.29. The number of benzene rings is 2. The molecule has 0 radical (unpaired) electrons. The third kappa shape index (κ3) is 3.52. The van der Waals surface area contributed by atoms with Crippen LogP contribution in [0.25, 0.3) is 6.08 Å². The average molecular weight is 348 g/mol. The number of aryl methyl sites for hydroxylation is 1. The molecule has 1 N–H and O–H groups in total. The zero-order valence-electron chi connectivity index (χ0n) is 13.3. The van der Waals surface area contributed by atoms with E-state index in [9.17, 15) is 18.0 Å². The Morgan fingerprint density at radius 1 is 1.20 bits per heavy atom. The molecule has 0 aromatic heterocycles. The fraction of sp³-hybridized carbons (Fsp3) is 0.211. The first-order valence-electron chi connectivity index (χ1n) is 7.61. The molecule has 1 aliphatic heterocycles. The van der Waals surface area contributed by atoms with Crippen LogP contribution in [0.5, 0.6) is 5.75 Å². The van der Waals surface area contributed by atoms with E-state index < -0.39 is 23.8 Å². The van der Waals surface area contributed by atoms with Crippen LogP contribution in [-0.2, 0) is 11.2 Å². The van der Waals surface area contributed by atoms with Crippen molar-refractivity contribution < 1.29 is 27.8 Å². The predicted molar refractivity (Wildman–Crippen MR) is 86.5 cm³/mol. The minimum Gasteiger partial charge on any atom is -0.478 e. The standard InChI is InChI=1S/C19H15F3O3/c1-11-7-14-9-15(18(23)24)17(19(20,21)22)25-16(14)10-13(11)8-12-5-3-2-4-6-12/h2-7,9-10,17H,8H2,1H3,(H,23,24)/t17-/m1/s1. The third-order valence-corrected chi connectivity index (χ3v) is 4.09. The first kappa shape index (κ1) is 17.1. The molecule has 2 aromatic carbocycles. The van der Waals surface area contributed by atoms with E-state index in [4.69, 9.17) is 9.84 Å². The van der Waals surface area contributed by atoms with Gasteiger partial charge in [-0.15, -0.1) is 0 Å². The van der Waals surface area contributed by atoms with E-state index in [1.54, 1.807) is 12.1 Å². The minimum atomic E-state index is -4.80. The number of halogens is 3. The SMILES string of the molecule is Cc1cc2c(cc1Cc1ccccc1)O[C@@H](C(F)(F)F)C(C(=O)O)=C2. The van der Waals surface area contributed by atoms with E-state index in [-0.39, 0.29) is 5.75 Å². The highest BCUT2D eigenvalue weighted by Crippen LogP contribution is 2.38. The molecular weight excluding hydrogens is 333 g/mol. The third-order valence-electron chi connectivity index (χ3n) is 4.09. The molecule has 1 aliphatic rings. The summed E-state index contributed by atoms with van der Waals surface area (Å²) in [5, 5.41) is 9.07. The van der Waals surface area contributed by atoms with Crippen molar-refractivity contribution in [2.45, 2.75) is 25.6 Å². The second kappa shape index (κ2) is 6.27. The monoisotopic (exact) mass is 348 g/mol. The van der Waals surface area contributed by atoms with Gasteiger partial charge in [0.15, 0.2) is 0 Å². The molecule has 0 amide bonds. The van der Waals surface area contributed by atoms with Crippen molar-refractivity contribution in [3.05, 3.63) is 70.3 Å². The van der Waals surface area contributed by atoms with Crippen LogP contribution in [0.3, 0.4) is 0 Å². The van der Waals surface area contributed by atoms with Crippen molar-refractivity contribution in [3.8, 4) is 5.75 Å². The number of fused-ring (bicyclic) bond motifs is 1. The van der Waals surface area contributed by atoms with Crippen LogP contribution >= 0.6 is 0 Å². The lowest BCUT2D eigenvalue weighted by atomic mass is 9.94. The maximum Gasteiger partial charge on any atom is 0.430 e. The lowest BCUT2D eigenvalue weighted by molar-refractivity contribution is -0.187. The van der Waals surface area contributed by atoms with Gasteiger partial charge in [0, 0.05) is 5.56 Å². The predicted octanol–water partition coefficient (Wildman–Crippen LogP) is 4.38. The highest BCUT2D eigenvalue weighted by Gasteiger charge is 2.48. The topological polar surface area (TPSA) is 46.5 Å². The van der Waals surface area contributed by atoms with Gasteiger partial charge in [-0.3, -0.25) is 0 Å². The molecule has 0 fully saturated rings. The van der Waals surface area contributed by atoms with Crippen molar-refractivity contribution in [1.82, 2.24) is 0 Å². The van der Waals surface area contributed by atoms with E-state index in [1.807, 2.05) is 37.3 Å². The van der Waals surface area contributed by atoms with Crippen molar-refractivity contribution in [3.63, 3.8) is 0 Å². The van der Waals surface area contributed by atoms with Crippen LogP contribution < -0.4 is 4.74 Å². The summed E-state index contributed by atoms with van der Waals surface area (Å²) in [5.74, 6) is -1.59. The van der Waals surface area contributed by atoms with Crippen LogP contribution in [-0.4, -0.2) is 23.4 Å². The van der Waals surface area contributed by atoms with Gasteiger partial charge >= 0.3 is 12.1 Å². The van der Waals surface area contributed by atoms with Crippen LogP contribution in [0.1, 0.15) is 22.3 Å². The first-order valence-corrected chi connectivity index (χ1v) is 7.61. The van der Waals surface area contributed by atoms with E-state index in [0.717, 1.165) is 22.8 Å². The lowest BCUT2D eigenvalue weighted by Gasteiger charge is -2.27. The fourth-order valence-electron chi connectivity index (χ4n) is 2.82. The summed E-state index contributed by atoms with van der Waals surface area (Å²) < 4.78 is 44.5. The van der Waals surface area contributed by atoms with E-state index in [2.05, 4.69) is 0 Å². The Morgan fingerprint density at radius 3 is 2.48 bits per heavy atom. The molecule has 0 aliphatic carbocycles. The molecule has 1 heterocycles. The maximum absolute atomic E-state index is 13.1. The Balaban J connectivity index is 2.02. The molecule has 0 unspecified atom stereocenters.